The van der Waals surface area contributed by atoms with Gasteiger partial charge in [-0.15, -0.1) is 0 Å². The average Bonchev–Trinajstić information content (AvgIpc) is 3.38. The molecular formula is C24H25N3O5S. The number of hydrogen-bond acceptors (Lipinski definition) is 8. The molecule has 1 aromatic carbocycles. The Balaban J connectivity index is 1.96. The zero-order chi connectivity index (χ0) is 23.7. The molecule has 4 rings (SSSR count). The predicted octanol–water partition coefficient (Wildman–Crippen LogP) is 2.47. The summed E-state index contributed by atoms with van der Waals surface area (Å²) in [4.78, 5) is 33.5. The summed E-state index contributed by atoms with van der Waals surface area (Å²) in [5.41, 5.74) is 1.22. The van der Waals surface area contributed by atoms with Crippen LogP contribution in [0.15, 0.2) is 61.9 Å². The summed E-state index contributed by atoms with van der Waals surface area (Å²) in [6.07, 6.45) is 1.69. The van der Waals surface area contributed by atoms with Crippen molar-refractivity contribution in [3.63, 3.8) is 0 Å². The number of aromatic nitrogens is 1. The molecule has 0 aliphatic carbocycles. The van der Waals surface area contributed by atoms with Gasteiger partial charge in [-0.3, -0.25) is 9.36 Å². The molecule has 0 amide bonds. The van der Waals surface area contributed by atoms with Crippen LogP contribution in [0.5, 0.6) is 5.75 Å². The molecule has 0 saturated carbocycles. The van der Waals surface area contributed by atoms with Crippen molar-refractivity contribution in [3.8, 4) is 5.75 Å². The third-order valence-corrected chi connectivity index (χ3v) is 6.26. The average molecular weight is 468 g/mol. The van der Waals surface area contributed by atoms with Gasteiger partial charge in [0.1, 0.15) is 17.6 Å². The van der Waals surface area contributed by atoms with E-state index in [1.54, 1.807) is 39.2 Å². The lowest BCUT2D eigenvalue weighted by molar-refractivity contribution is -0.139. The molecule has 2 aromatic heterocycles. The SMILES string of the molecule is CCOC(=O)C1=C(C)N=c2s/c(=C\c3ccc(N(C)C)o3)c(=O)n2C1c1ccccc1OC. The summed E-state index contributed by atoms with van der Waals surface area (Å²) >= 11 is 1.24. The number of para-hydroxylation sites is 1. The van der Waals surface area contributed by atoms with E-state index in [0.29, 0.717) is 43.6 Å². The number of nitrogens with zero attached hydrogens (tertiary/aromatic N) is 3. The lowest BCUT2D eigenvalue weighted by atomic mass is 9.95. The van der Waals surface area contributed by atoms with Gasteiger partial charge < -0.3 is 18.8 Å². The summed E-state index contributed by atoms with van der Waals surface area (Å²) in [6, 6.07) is 10.2. The van der Waals surface area contributed by atoms with E-state index in [1.807, 2.05) is 43.3 Å². The van der Waals surface area contributed by atoms with E-state index < -0.39 is 12.0 Å². The van der Waals surface area contributed by atoms with E-state index in [9.17, 15) is 9.59 Å². The van der Waals surface area contributed by atoms with Gasteiger partial charge in [0.15, 0.2) is 10.7 Å². The lowest BCUT2D eigenvalue weighted by Gasteiger charge is -2.25. The quantitative estimate of drug-likeness (QED) is 0.518. The van der Waals surface area contributed by atoms with Crippen molar-refractivity contribution in [3.05, 3.63) is 78.7 Å². The van der Waals surface area contributed by atoms with Gasteiger partial charge in [0.05, 0.1) is 29.5 Å². The Kier molecular flexibility index (Phi) is 6.24. The van der Waals surface area contributed by atoms with Crippen LogP contribution in [0.25, 0.3) is 6.08 Å². The van der Waals surface area contributed by atoms with Gasteiger partial charge >= 0.3 is 5.97 Å². The van der Waals surface area contributed by atoms with Crippen LogP contribution in [0.3, 0.4) is 0 Å². The second-order valence-electron chi connectivity index (χ2n) is 7.61. The highest BCUT2D eigenvalue weighted by Gasteiger charge is 2.34. The molecule has 1 aliphatic rings. The Morgan fingerprint density at radius 3 is 2.70 bits per heavy atom. The molecule has 9 heteroatoms. The van der Waals surface area contributed by atoms with E-state index in [1.165, 1.54) is 15.9 Å². The van der Waals surface area contributed by atoms with Gasteiger partial charge in [0.2, 0.25) is 0 Å². The molecule has 1 aliphatic heterocycles. The van der Waals surface area contributed by atoms with E-state index in [4.69, 9.17) is 13.9 Å². The number of fused-ring (bicyclic) bond motifs is 1. The molecule has 0 saturated heterocycles. The molecule has 0 fully saturated rings. The number of benzene rings is 1. The van der Waals surface area contributed by atoms with Crippen molar-refractivity contribution in [2.24, 2.45) is 4.99 Å². The molecule has 0 N–H and O–H groups in total. The summed E-state index contributed by atoms with van der Waals surface area (Å²) < 4.78 is 18.7. The molecule has 0 spiro atoms. The maximum atomic E-state index is 13.6. The molecule has 33 heavy (non-hydrogen) atoms. The van der Waals surface area contributed by atoms with Crippen LogP contribution in [0.1, 0.15) is 31.2 Å². The number of carbonyl (C=O) groups is 1. The third-order valence-electron chi connectivity index (χ3n) is 5.28. The number of esters is 1. The minimum absolute atomic E-state index is 0.214. The first-order valence-electron chi connectivity index (χ1n) is 10.5. The Morgan fingerprint density at radius 1 is 1.27 bits per heavy atom. The van der Waals surface area contributed by atoms with Crippen LogP contribution in [-0.4, -0.2) is 38.3 Å². The number of rotatable bonds is 6. The standard InChI is InChI=1S/C24H25N3O5S/c1-6-31-23(29)20-14(2)25-24-27(21(20)16-9-7-8-10-17(16)30-5)22(28)18(33-24)13-15-11-12-19(32-15)26(3)4/h7-13,21H,6H2,1-5H3/b18-13-. The largest absolute Gasteiger partial charge is 0.496 e. The van der Waals surface area contributed by atoms with Gasteiger partial charge in [-0.1, -0.05) is 29.5 Å². The summed E-state index contributed by atoms with van der Waals surface area (Å²) in [5.74, 6) is 1.29. The summed E-state index contributed by atoms with van der Waals surface area (Å²) in [5, 5.41) is 0. The van der Waals surface area contributed by atoms with E-state index in [0.717, 1.165) is 0 Å². The predicted molar refractivity (Wildman–Crippen MR) is 126 cm³/mol. The minimum Gasteiger partial charge on any atom is -0.496 e. The topological polar surface area (TPSA) is 86.3 Å². The zero-order valence-electron chi connectivity index (χ0n) is 19.1. The number of carbonyl (C=O) groups excluding carboxylic acids is 1. The first-order chi connectivity index (χ1) is 15.8. The lowest BCUT2D eigenvalue weighted by Crippen LogP contribution is -2.40. The molecule has 3 aromatic rings. The van der Waals surface area contributed by atoms with Crippen LogP contribution < -0.4 is 24.5 Å². The second-order valence-corrected chi connectivity index (χ2v) is 8.62. The van der Waals surface area contributed by atoms with Gasteiger partial charge in [-0.2, -0.15) is 0 Å². The van der Waals surface area contributed by atoms with Crippen LogP contribution in [0.2, 0.25) is 0 Å². The Bertz CT molecular complexity index is 1410. The highest BCUT2D eigenvalue weighted by Crippen LogP contribution is 2.35. The Morgan fingerprint density at radius 2 is 2.03 bits per heavy atom. The van der Waals surface area contributed by atoms with Gasteiger partial charge in [0.25, 0.3) is 5.56 Å². The number of anilines is 1. The van der Waals surface area contributed by atoms with Crippen LogP contribution in [0, 0.1) is 0 Å². The van der Waals surface area contributed by atoms with E-state index in [-0.39, 0.29) is 12.2 Å². The van der Waals surface area contributed by atoms with Crippen molar-refractivity contribution >= 4 is 29.3 Å². The monoisotopic (exact) mass is 467 g/mol. The number of allylic oxidation sites excluding steroid dienone is 1. The molecule has 0 radical (unpaired) electrons. The van der Waals surface area contributed by atoms with Crippen LogP contribution in [-0.2, 0) is 9.53 Å². The highest BCUT2D eigenvalue weighted by atomic mass is 32.1. The summed E-state index contributed by atoms with van der Waals surface area (Å²) in [7, 11) is 5.31. The summed E-state index contributed by atoms with van der Waals surface area (Å²) in [6.45, 7) is 3.71. The van der Waals surface area contributed by atoms with Crippen molar-refractivity contribution in [2.75, 3.05) is 32.7 Å². The molecule has 172 valence electrons. The fourth-order valence-electron chi connectivity index (χ4n) is 3.77. The Labute approximate surface area is 194 Å². The van der Waals surface area contributed by atoms with Crippen molar-refractivity contribution < 1.29 is 18.7 Å². The van der Waals surface area contributed by atoms with Gasteiger partial charge in [-0.05, 0) is 26.0 Å². The number of methoxy groups -OCH3 is 1. The number of ether oxygens (including phenoxy) is 2. The smallest absolute Gasteiger partial charge is 0.338 e. The van der Waals surface area contributed by atoms with Gasteiger partial charge in [-0.25, -0.2) is 9.79 Å². The maximum Gasteiger partial charge on any atom is 0.338 e. The van der Waals surface area contributed by atoms with Crippen LogP contribution >= 0.6 is 11.3 Å². The minimum atomic E-state index is -0.729. The number of thiazole rings is 1. The number of furan rings is 1. The third kappa shape index (κ3) is 4.11. The van der Waals surface area contributed by atoms with Crippen molar-refractivity contribution in [2.45, 2.75) is 19.9 Å². The van der Waals surface area contributed by atoms with Crippen molar-refractivity contribution in [1.29, 1.82) is 0 Å². The highest BCUT2D eigenvalue weighted by molar-refractivity contribution is 7.07. The van der Waals surface area contributed by atoms with E-state index in [2.05, 4.69) is 4.99 Å². The van der Waals surface area contributed by atoms with Crippen molar-refractivity contribution in [1.82, 2.24) is 4.57 Å². The molecule has 1 unspecified atom stereocenters. The molecule has 8 nitrogen and oxygen atoms in total. The second kappa shape index (κ2) is 9.11. The fourth-order valence-corrected chi connectivity index (χ4v) is 4.79. The maximum absolute atomic E-state index is 13.6. The molecule has 1 atom stereocenters. The number of hydrogen-bond donors (Lipinski definition) is 0. The molecule has 3 heterocycles. The molecule has 0 bridgehead atoms. The van der Waals surface area contributed by atoms with Crippen LogP contribution in [0.4, 0.5) is 5.88 Å². The molecular weight excluding hydrogens is 442 g/mol. The first kappa shape index (κ1) is 22.6. The Hall–Kier alpha value is -3.59. The van der Waals surface area contributed by atoms with Gasteiger partial charge in [0, 0.05) is 31.8 Å². The first-order valence-corrected chi connectivity index (χ1v) is 11.3. The fraction of sp³-hybridized carbons (Fsp3) is 0.292. The zero-order valence-corrected chi connectivity index (χ0v) is 19.9. The normalized spacial score (nSPS) is 15.8. The van der Waals surface area contributed by atoms with E-state index >= 15 is 0 Å².